The maximum absolute atomic E-state index is 4.28. The standard InChI is InChI=1S/C15H20N4S/c1-11-7-15(17-10-16-11)18-13-5-6-19(8-13)9-14-4-3-12(2)20-14/h3-4,7,10,13H,5-6,8-9H2,1-2H3,(H,16,17,18). The van der Waals surface area contributed by atoms with Crippen LogP contribution in [0.5, 0.6) is 0 Å². The lowest BCUT2D eigenvalue weighted by molar-refractivity contribution is 0.331. The second-order valence-corrected chi connectivity index (χ2v) is 6.79. The van der Waals surface area contributed by atoms with Gasteiger partial charge in [0.1, 0.15) is 12.1 Å². The van der Waals surface area contributed by atoms with Gasteiger partial charge in [-0.25, -0.2) is 9.97 Å². The van der Waals surface area contributed by atoms with Crippen molar-refractivity contribution in [2.75, 3.05) is 18.4 Å². The molecule has 2 aromatic rings. The highest BCUT2D eigenvalue weighted by Crippen LogP contribution is 2.21. The quantitative estimate of drug-likeness (QED) is 0.939. The predicted octanol–water partition coefficient (Wildman–Crippen LogP) is 2.84. The number of hydrogen-bond donors (Lipinski definition) is 1. The fourth-order valence-electron chi connectivity index (χ4n) is 2.63. The van der Waals surface area contributed by atoms with Gasteiger partial charge >= 0.3 is 0 Å². The Kier molecular flexibility index (Phi) is 3.98. The summed E-state index contributed by atoms with van der Waals surface area (Å²) in [5, 5.41) is 3.51. The fraction of sp³-hybridized carbons (Fsp3) is 0.467. The molecule has 4 nitrogen and oxygen atoms in total. The summed E-state index contributed by atoms with van der Waals surface area (Å²) in [6.07, 6.45) is 2.80. The molecule has 2 aromatic heterocycles. The molecular weight excluding hydrogens is 268 g/mol. The summed E-state index contributed by atoms with van der Waals surface area (Å²) in [6.45, 7) is 7.46. The maximum Gasteiger partial charge on any atom is 0.129 e. The second-order valence-electron chi connectivity index (χ2n) is 5.42. The van der Waals surface area contributed by atoms with E-state index in [9.17, 15) is 0 Å². The van der Waals surface area contributed by atoms with Crippen molar-refractivity contribution in [1.29, 1.82) is 0 Å². The van der Waals surface area contributed by atoms with Gasteiger partial charge in [-0.05, 0) is 32.4 Å². The van der Waals surface area contributed by atoms with Gasteiger partial charge in [0, 0.05) is 47.2 Å². The number of aromatic nitrogens is 2. The molecule has 0 radical (unpaired) electrons. The third kappa shape index (κ3) is 3.35. The molecule has 1 N–H and O–H groups in total. The van der Waals surface area contributed by atoms with Gasteiger partial charge < -0.3 is 5.32 Å². The van der Waals surface area contributed by atoms with E-state index in [0.717, 1.165) is 31.1 Å². The molecule has 1 aliphatic heterocycles. The molecule has 1 unspecified atom stereocenters. The molecule has 1 saturated heterocycles. The molecule has 5 heteroatoms. The Morgan fingerprint density at radius 1 is 1.35 bits per heavy atom. The van der Waals surface area contributed by atoms with Crippen molar-refractivity contribution in [2.24, 2.45) is 0 Å². The van der Waals surface area contributed by atoms with Crippen LogP contribution in [0.25, 0.3) is 0 Å². The van der Waals surface area contributed by atoms with E-state index < -0.39 is 0 Å². The van der Waals surface area contributed by atoms with Crippen LogP contribution in [-0.4, -0.2) is 34.0 Å². The van der Waals surface area contributed by atoms with Crippen molar-refractivity contribution in [3.05, 3.63) is 40.0 Å². The number of nitrogens with zero attached hydrogens (tertiary/aromatic N) is 3. The zero-order valence-corrected chi connectivity index (χ0v) is 12.8. The fourth-order valence-corrected chi connectivity index (χ4v) is 3.56. The lowest BCUT2D eigenvalue weighted by Crippen LogP contribution is -2.26. The molecule has 1 atom stereocenters. The van der Waals surface area contributed by atoms with Crippen molar-refractivity contribution in [3.8, 4) is 0 Å². The Labute approximate surface area is 123 Å². The highest BCUT2D eigenvalue weighted by molar-refractivity contribution is 7.11. The lowest BCUT2D eigenvalue weighted by atomic mass is 10.2. The van der Waals surface area contributed by atoms with Crippen LogP contribution in [0.2, 0.25) is 0 Å². The zero-order valence-electron chi connectivity index (χ0n) is 12.0. The number of aryl methyl sites for hydroxylation is 2. The zero-order chi connectivity index (χ0) is 13.9. The number of nitrogens with one attached hydrogen (secondary N) is 1. The van der Waals surface area contributed by atoms with E-state index in [2.05, 4.69) is 39.2 Å². The third-order valence-corrected chi connectivity index (χ3v) is 4.59. The van der Waals surface area contributed by atoms with Crippen LogP contribution in [-0.2, 0) is 6.54 Å². The van der Waals surface area contributed by atoms with E-state index in [0.29, 0.717) is 6.04 Å². The molecule has 0 amide bonds. The molecule has 106 valence electrons. The van der Waals surface area contributed by atoms with Gasteiger partial charge in [-0.2, -0.15) is 0 Å². The van der Waals surface area contributed by atoms with Crippen molar-refractivity contribution in [2.45, 2.75) is 32.9 Å². The Balaban J connectivity index is 1.54. The Hall–Kier alpha value is -1.46. The summed E-state index contributed by atoms with van der Waals surface area (Å²) in [4.78, 5) is 13.8. The summed E-state index contributed by atoms with van der Waals surface area (Å²) in [7, 11) is 0. The smallest absolute Gasteiger partial charge is 0.129 e. The number of rotatable bonds is 4. The first-order chi connectivity index (χ1) is 9.69. The van der Waals surface area contributed by atoms with Gasteiger partial charge in [-0.3, -0.25) is 4.90 Å². The van der Waals surface area contributed by atoms with Gasteiger partial charge in [0.05, 0.1) is 0 Å². The van der Waals surface area contributed by atoms with Crippen LogP contribution < -0.4 is 5.32 Å². The highest BCUT2D eigenvalue weighted by Gasteiger charge is 2.22. The van der Waals surface area contributed by atoms with Crippen LogP contribution >= 0.6 is 11.3 Å². The molecule has 1 fully saturated rings. The molecule has 20 heavy (non-hydrogen) atoms. The van der Waals surface area contributed by atoms with Crippen molar-refractivity contribution >= 4 is 17.2 Å². The van der Waals surface area contributed by atoms with Crippen LogP contribution in [0.3, 0.4) is 0 Å². The Bertz CT molecular complexity index is 581. The first-order valence-electron chi connectivity index (χ1n) is 7.02. The minimum Gasteiger partial charge on any atom is -0.366 e. The molecule has 0 spiro atoms. The molecule has 3 heterocycles. The number of likely N-dealkylation sites (tertiary alicyclic amines) is 1. The highest BCUT2D eigenvalue weighted by atomic mass is 32.1. The van der Waals surface area contributed by atoms with Crippen molar-refractivity contribution in [1.82, 2.24) is 14.9 Å². The van der Waals surface area contributed by atoms with Gasteiger partial charge in [0.2, 0.25) is 0 Å². The SMILES string of the molecule is Cc1cc(NC2CCN(Cc3ccc(C)s3)C2)ncn1. The van der Waals surface area contributed by atoms with E-state index in [-0.39, 0.29) is 0 Å². The molecule has 0 aromatic carbocycles. The molecule has 0 saturated carbocycles. The first kappa shape index (κ1) is 13.5. The van der Waals surface area contributed by atoms with Crippen LogP contribution in [0.4, 0.5) is 5.82 Å². The average Bonchev–Trinajstić information content (AvgIpc) is 3.00. The third-order valence-electron chi connectivity index (χ3n) is 3.60. The molecule has 1 aliphatic rings. The summed E-state index contributed by atoms with van der Waals surface area (Å²) in [5.41, 5.74) is 1.01. The largest absolute Gasteiger partial charge is 0.366 e. The monoisotopic (exact) mass is 288 g/mol. The van der Waals surface area contributed by atoms with Gasteiger partial charge in [-0.15, -0.1) is 11.3 Å². The molecular formula is C15H20N4S. The van der Waals surface area contributed by atoms with Crippen LogP contribution in [0.1, 0.15) is 21.9 Å². The average molecular weight is 288 g/mol. The number of thiophene rings is 1. The van der Waals surface area contributed by atoms with E-state index in [4.69, 9.17) is 0 Å². The normalized spacial score (nSPS) is 19.4. The summed E-state index contributed by atoms with van der Waals surface area (Å²) in [5.74, 6) is 0.941. The van der Waals surface area contributed by atoms with E-state index in [1.807, 2.05) is 24.3 Å². The Morgan fingerprint density at radius 3 is 3.00 bits per heavy atom. The summed E-state index contributed by atoms with van der Waals surface area (Å²) in [6, 6.07) is 6.94. The van der Waals surface area contributed by atoms with Crippen LogP contribution in [0, 0.1) is 13.8 Å². The summed E-state index contributed by atoms with van der Waals surface area (Å²) < 4.78 is 0. The minimum atomic E-state index is 0.491. The Morgan fingerprint density at radius 2 is 2.25 bits per heavy atom. The van der Waals surface area contributed by atoms with E-state index >= 15 is 0 Å². The molecule has 0 bridgehead atoms. The van der Waals surface area contributed by atoms with Crippen molar-refractivity contribution < 1.29 is 0 Å². The van der Waals surface area contributed by atoms with Gasteiger partial charge in [0.15, 0.2) is 0 Å². The lowest BCUT2D eigenvalue weighted by Gasteiger charge is -2.16. The van der Waals surface area contributed by atoms with E-state index in [1.165, 1.54) is 16.2 Å². The number of hydrogen-bond acceptors (Lipinski definition) is 5. The number of anilines is 1. The first-order valence-corrected chi connectivity index (χ1v) is 7.83. The minimum absolute atomic E-state index is 0.491. The van der Waals surface area contributed by atoms with Gasteiger partial charge in [0.25, 0.3) is 0 Å². The molecule has 3 rings (SSSR count). The van der Waals surface area contributed by atoms with E-state index in [1.54, 1.807) is 6.33 Å². The van der Waals surface area contributed by atoms with Crippen LogP contribution in [0.15, 0.2) is 24.5 Å². The maximum atomic E-state index is 4.28. The summed E-state index contributed by atoms with van der Waals surface area (Å²) >= 11 is 1.90. The second kappa shape index (κ2) is 5.89. The topological polar surface area (TPSA) is 41.0 Å². The van der Waals surface area contributed by atoms with Crippen molar-refractivity contribution in [3.63, 3.8) is 0 Å². The van der Waals surface area contributed by atoms with Gasteiger partial charge in [-0.1, -0.05) is 0 Å². The molecule has 0 aliphatic carbocycles. The predicted molar refractivity (Wildman–Crippen MR) is 83.1 cm³/mol.